The molecule has 1 atom stereocenters. The number of guanidine groups is 1. The fraction of sp³-hybridized carbons (Fsp3) is 0.778. The Bertz CT molecular complexity index is 511. The maximum absolute atomic E-state index is 4.34. The van der Waals surface area contributed by atoms with Gasteiger partial charge in [0, 0.05) is 57.6 Å². The van der Waals surface area contributed by atoms with Gasteiger partial charge in [0.25, 0.3) is 0 Å². The van der Waals surface area contributed by atoms with Crippen molar-refractivity contribution in [2.75, 3.05) is 40.8 Å². The summed E-state index contributed by atoms with van der Waals surface area (Å²) >= 11 is 0. The smallest absolute Gasteiger partial charge is 0.191 e. The first-order valence-electron chi connectivity index (χ1n) is 9.11. The Kier molecular flexibility index (Phi) is 8.92. The molecule has 0 bridgehead atoms. The molecule has 7 nitrogen and oxygen atoms in total. The molecular weight excluding hydrogens is 314 g/mol. The van der Waals surface area contributed by atoms with Gasteiger partial charge >= 0.3 is 0 Å². The van der Waals surface area contributed by atoms with Crippen molar-refractivity contribution in [2.45, 2.75) is 45.8 Å². The van der Waals surface area contributed by atoms with Gasteiger partial charge in [-0.05, 0) is 41.8 Å². The van der Waals surface area contributed by atoms with Crippen LogP contribution in [0.2, 0.25) is 0 Å². The first-order valence-corrected chi connectivity index (χ1v) is 9.11. The van der Waals surface area contributed by atoms with E-state index >= 15 is 0 Å². The molecule has 0 aliphatic carbocycles. The number of nitrogens with zero attached hydrogens (tertiary/aromatic N) is 5. The summed E-state index contributed by atoms with van der Waals surface area (Å²) in [7, 11) is 7.92. The highest BCUT2D eigenvalue weighted by molar-refractivity contribution is 5.79. The number of hydrogen-bond donors (Lipinski definition) is 2. The molecule has 1 aromatic heterocycles. The van der Waals surface area contributed by atoms with Gasteiger partial charge in [-0.15, -0.1) is 0 Å². The molecule has 0 fully saturated rings. The van der Waals surface area contributed by atoms with Crippen molar-refractivity contribution < 1.29 is 0 Å². The third-order valence-electron chi connectivity index (χ3n) is 4.41. The van der Waals surface area contributed by atoms with Crippen molar-refractivity contribution in [3.8, 4) is 0 Å². The normalized spacial score (nSPS) is 14.0. The van der Waals surface area contributed by atoms with E-state index in [2.05, 4.69) is 78.5 Å². The van der Waals surface area contributed by atoms with E-state index < -0.39 is 0 Å². The highest BCUT2D eigenvalue weighted by Gasteiger charge is 2.17. The van der Waals surface area contributed by atoms with Gasteiger partial charge in [0.1, 0.15) is 0 Å². The Hall–Kier alpha value is -1.60. The Morgan fingerprint density at radius 2 is 1.84 bits per heavy atom. The second-order valence-electron chi connectivity index (χ2n) is 7.23. The minimum absolute atomic E-state index is 0.245. The molecular formula is C18H37N7. The van der Waals surface area contributed by atoms with Crippen LogP contribution in [0.25, 0.3) is 0 Å². The molecule has 1 rings (SSSR count). The van der Waals surface area contributed by atoms with Crippen molar-refractivity contribution in [3.05, 3.63) is 18.0 Å². The van der Waals surface area contributed by atoms with E-state index in [1.165, 1.54) is 5.56 Å². The first kappa shape index (κ1) is 21.4. The summed E-state index contributed by atoms with van der Waals surface area (Å²) in [5.41, 5.74) is 1.20. The van der Waals surface area contributed by atoms with Gasteiger partial charge in [0.15, 0.2) is 5.96 Å². The highest BCUT2D eigenvalue weighted by atomic mass is 15.3. The lowest BCUT2D eigenvalue weighted by Gasteiger charge is -2.31. The molecule has 0 saturated carbocycles. The van der Waals surface area contributed by atoms with E-state index in [1.54, 1.807) is 0 Å². The maximum atomic E-state index is 4.34. The van der Waals surface area contributed by atoms with Gasteiger partial charge in [0.2, 0.25) is 0 Å². The number of aryl methyl sites for hydroxylation is 1. The lowest BCUT2D eigenvalue weighted by molar-refractivity contribution is 0.178. The molecule has 7 heteroatoms. The van der Waals surface area contributed by atoms with Gasteiger partial charge in [0.05, 0.1) is 12.2 Å². The number of aromatic nitrogens is 2. The molecule has 0 spiro atoms. The van der Waals surface area contributed by atoms with E-state index in [9.17, 15) is 0 Å². The zero-order chi connectivity index (χ0) is 19.0. The Balaban J connectivity index is 2.52. The molecule has 0 saturated heterocycles. The van der Waals surface area contributed by atoms with Crippen LogP contribution in [-0.2, 0) is 7.05 Å². The summed E-state index contributed by atoms with van der Waals surface area (Å²) in [5, 5.41) is 11.1. The Morgan fingerprint density at radius 1 is 1.20 bits per heavy atom. The van der Waals surface area contributed by atoms with E-state index in [4.69, 9.17) is 0 Å². The van der Waals surface area contributed by atoms with Crippen molar-refractivity contribution in [1.29, 1.82) is 0 Å². The molecule has 0 radical (unpaired) electrons. The summed E-state index contributed by atoms with van der Waals surface area (Å²) < 4.78 is 1.84. The predicted octanol–water partition coefficient (Wildman–Crippen LogP) is 1.31. The van der Waals surface area contributed by atoms with Gasteiger partial charge in [-0.3, -0.25) is 14.6 Å². The number of rotatable bonds is 9. The van der Waals surface area contributed by atoms with Crippen LogP contribution in [0.4, 0.5) is 0 Å². The zero-order valence-electron chi connectivity index (χ0n) is 17.2. The van der Waals surface area contributed by atoms with Crippen LogP contribution in [0.3, 0.4) is 0 Å². The molecule has 2 N–H and O–H groups in total. The fourth-order valence-corrected chi connectivity index (χ4v) is 3.04. The second kappa shape index (κ2) is 10.4. The van der Waals surface area contributed by atoms with Crippen LogP contribution in [0.5, 0.6) is 0 Å². The standard InChI is InChI=1S/C18H37N7/c1-14(2)25(15(3)4)10-9-20-18(19-5)21-12-17(23(6)7)16-11-22-24(8)13-16/h11,13-15,17H,9-10,12H2,1-8H3,(H2,19,20,21). The van der Waals surface area contributed by atoms with Crippen LogP contribution in [-0.4, -0.2) is 78.4 Å². The van der Waals surface area contributed by atoms with Crippen LogP contribution in [0, 0.1) is 0 Å². The molecule has 1 aromatic rings. The summed E-state index contributed by atoms with van der Waals surface area (Å²) in [6, 6.07) is 1.33. The minimum Gasteiger partial charge on any atom is -0.355 e. The van der Waals surface area contributed by atoms with Crippen LogP contribution in [0.15, 0.2) is 17.4 Å². The van der Waals surface area contributed by atoms with E-state index in [0.29, 0.717) is 12.1 Å². The number of likely N-dealkylation sites (N-methyl/N-ethyl adjacent to an activating group) is 1. The Morgan fingerprint density at radius 3 is 2.28 bits per heavy atom. The summed E-state index contributed by atoms with van der Waals surface area (Å²) in [4.78, 5) is 9.00. The third-order valence-corrected chi connectivity index (χ3v) is 4.41. The molecule has 25 heavy (non-hydrogen) atoms. The molecule has 1 unspecified atom stereocenters. The quantitative estimate of drug-likeness (QED) is 0.519. The Labute approximate surface area is 153 Å². The molecule has 144 valence electrons. The SMILES string of the molecule is CN=C(NCCN(C(C)C)C(C)C)NCC(c1cnn(C)c1)N(C)C. The van der Waals surface area contributed by atoms with Crippen molar-refractivity contribution >= 4 is 5.96 Å². The van der Waals surface area contributed by atoms with Crippen LogP contribution in [0.1, 0.15) is 39.3 Å². The van der Waals surface area contributed by atoms with Crippen molar-refractivity contribution in [3.63, 3.8) is 0 Å². The van der Waals surface area contributed by atoms with Gasteiger partial charge in [-0.1, -0.05) is 0 Å². The minimum atomic E-state index is 0.245. The average Bonchev–Trinajstić information content (AvgIpc) is 2.94. The van der Waals surface area contributed by atoms with Gasteiger partial charge < -0.3 is 15.5 Å². The number of nitrogens with one attached hydrogen (secondary N) is 2. The molecule has 1 heterocycles. The average molecular weight is 352 g/mol. The zero-order valence-corrected chi connectivity index (χ0v) is 17.2. The van der Waals surface area contributed by atoms with Crippen molar-refractivity contribution in [1.82, 2.24) is 30.2 Å². The molecule has 0 amide bonds. The lowest BCUT2D eigenvalue weighted by atomic mass is 10.1. The van der Waals surface area contributed by atoms with Crippen LogP contribution >= 0.6 is 0 Å². The first-order chi connectivity index (χ1) is 11.8. The lowest BCUT2D eigenvalue weighted by Crippen LogP contribution is -2.46. The third kappa shape index (κ3) is 7.04. The highest BCUT2D eigenvalue weighted by Crippen LogP contribution is 2.15. The topological polar surface area (TPSA) is 60.7 Å². The van der Waals surface area contributed by atoms with Crippen LogP contribution < -0.4 is 10.6 Å². The van der Waals surface area contributed by atoms with E-state index in [1.807, 2.05) is 25.0 Å². The molecule has 0 aliphatic rings. The number of hydrogen-bond acceptors (Lipinski definition) is 4. The second-order valence-corrected chi connectivity index (χ2v) is 7.23. The number of aliphatic imine (C=N–C) groups is 1. The summed E-state index contributed by atoms with van der Waals surface area (Å²) in [6.45, 7) is 11.6. The van der Waals surface area contributed by atoms with Gasteiger partial charge in [-0.2, -0.15) is 5.10 Å². The van der Waals surface area contributed by atoms with E-state index in [-0.39, 0.29) is 6.04 Å². The summed E-state index contributed by atoms with van der Waals surface area (Å²) in [5.74, 6) is 0.836. The summed E-state index contributed by atoms with van der Waals surface area (Å²) in [6.07, 6.45) is 3.98. The fourth-order valence-electron chi connectivity index (χ4n) is 3.04. The van der Waals surface area contributed by atoms with E-state index in [0.717, 1.165) is 25.6 Å². The van der Waals surface area contributed by atoms with Gasteiger partial charge in [-0.25, -0.2) is 0 Å². The molecule has 0 aliphatic heterocycles. The maximum Gasteiger partial charge on any atom is 0.191 e. The predicted molar refractivity (Wildman–Crippen MR) is 106 cm³/mol. The monoisotopic (exact) mass is 351 g/mol. The molecule has 0 aromatic carbocycles. The van der Waals surface area contributed by atoms with Crippen molar-refractivity contribution in [2.24, 2.45) is 12.0 Å². The largest absolute Gasteiger partial charge is 0.355 e.